The average Bonchev–Trinajstić information content (AvgIpc) is 2.39. The van der Waals surface area contributed by atoms with E-state index < -0.39 is 0 Å². The number of piperazine rings is 1. The van der Waals surface area contributed by atoms with E-state index in [9.17, 15) is 0 Å². The molecular formula is C14H20BrN3O2. The number of halogens is 1. The second kappa shape index (κ2) is 5.87. The van der Waals surface area contributed by atoms with E-state index in [0.29, 0.717) is 18.0 Å². The Morgan fingerprint density at radius 2 is 2.15 bits per heavy atom. The van der Waals surface area contributed by atoms with Crippen molar-refractivity contribution in [2.75, 3.05) is 44.9 Å². The Morgan fingerprint density at radius 1 is 1.35 bits per heavy atom. The summed E-state index contributed by atoms with van der Waals surface area (Å²) < 4.78 is 11.5. The molecule has 0 unspecified atom stereocenters. The topological polar surface area (TPSA) is 37.8 Å². The molecule has 0 radical (unpaired) electrons. The number of anilines is 1. The minimum atomic E-state index is 0.519. The largest absolute Gasteiger partial charge is 0.479 e. The fourth-order valence-electron chi connectivity index (χ4n) is 2.95. The van der Waals surface area contributed by atoms with Gasteiger partial charge >= 0.3 is 0 Å². The van der Waals surface area contributed by atoms with Gasteiger partial charge in [0.25, 0.3) is 0 Å². The van der Waals surface area contributed by atoms with E-state index in [1.54, 1.807) is 7.11 Å². The first-order chi connectivity index (χ1) is 9.69. The van der Waals surface area contributed by atoms with Gasteiger partial charge in [-0.1, -0.05) is 0 Å². The van der Waals surface area contributed by atoms with Crippen LogP contribution in [0.2, 0.25) is 0 Å². The summed E-state index contributed by atoms with van der Waals surface area (Å²) in [4.78, 5) is 9.31. The minimum absolute atomic E-state index is 0.519. The smallest absolute Gasteiger partial charge is 0.238 e. The summed E-state index contributed by atoms with van der Waals surface area (Å²) in [5.74, 6) is 0.687. The highest BCUT2D eigenvalue weighted by Crippen LogP contribution is 2.30. The van der Waals surface area contributed by atoms with Crippen LogP contribution in [0.15, 0.2) is 16.7 Å². The fraction of sp³-hybridized carbons (Fsp3) is 0.643. The number of methoxy groups -OCH3 is 1. The van der Waals surface area contributed by atoms with Crippen LogP contribution >= 0.6 is 15.9 Å². The summed E-state index contributed by atoms with van der Waals surface area (Å²) in [6, 6.07) is 5.17. The average molecular weight is 342 g/mol. The highest BCUT2D eigenvalue weighted by molar-refractivity contribution is 9.10. The van der Waals surface area contributed by atoms with Crippen LogP contribution in [0.25, 0.3) is 0 Å². The molecule has 1 aromatic rings. The van der Waals surface area contributed by atoms with Crippen molar-refractivity contribution in [3.05, 3.63) is 16.7 Å². The fourth-order valence-corrected chi connectivity index (χ4v) is 3.24. The summed E-state index contributed by atoms with van der Waals surface area (Å²) in [6.45, 7) is 7.11. The normalized spacial score (nSPS) is 24.6. The van der Waals surface area contributed by atoms with Gasteiger partial charge in [0, 0.05) is 25.7 Å². The van der Waals surface area contributed by atoms with Gasteiger partial charge in [-0.2, -0.15) is 0 Å². The van der Waals surface area contributed by atoms with Crippen LogP contribution < -0.4 is 9.64 Å². The number of hydrogen-bond donors (Lipinski definition) is 0. The van der Waals surface area contributed by atoms with Gasteiger partial charge in [-0.25, -0.2) is 4.98 Å². The van der Waals surface area contributed by atoms with Gasteiger partial charge in [0.1, 0.15) is 10.3 Å². The van der Waals surface area contributed by atoms with E-state index in [4.69, 9.17) is 9.47 Å². The third-order valence-corrected chi connectivity index (χ3v) is 4.55. The first-order valence-electron chi connectivity index (χ1n) is 6.98. The molecule has 5 nitrogen and oxygen atoms in total. The van der Waals surface area contributed by atoms with Crippen LogP contribution in [0.1, 0.15) is 6.92 Å². The molecule has 3 heterocycles. The molecule has 1 aromatic heterocycles. The lowest BCUT2D eigenvalue weighted by molar-refractivity contribution is -0.0793. The molecule has 0 amide bonds. The molecular weight excluding hydrogens is 322 g/mol. The molecule has 0 aromatic carbocycles. The highest BCUT2D eigenvalue weighted by Gasteiger charge is 2.34. The summed E-state index contributed by atoms with van der Waals surface area (Å²) >= 11 is 3.39. The van der Waals surface area contributed by atoms with Gasteiger partial charge in [0.05, 0.1) is 26.4 Å². The maximum atomic E-state index is 5.40. The SMILES string of the molecule is COc1nc(Br)ccc1N1CCN(C2COC2)[C@H](C)C1. The Labute approximate surface area is 128 Å². The van der Waals surface area contributed by atoms with Gasteiger partial charge in [0.2, 0.25) is 5.88 Å². The van der Waals surface area contributed by atoms with Crippen molar-refractivity contribution in [3.63, 3.8) is 0 Å². The molecule has 0 saturated carbocycles. The Kier molecular flexibility index (Phi) is 4.14. The third-order valence-electron chi connectivity index (χ3n) is 4.11. The van der Waals surface area contributed by atoms with Crippen LogP contribution in [0, 0.1) is 0 Å². The van der Waals surface area contributed by atoms with Gasteiger partial charge < -0.3 is 14.4 Å². The molecule has 0 N–H and O–H groups in total. The molecule has 0 bridgehead atoms. The van der Waals surface area contributed by atoms with Crippen LogP contribution in [-0.2, 0) is 4.74 Å². The van der Waals surface area contributed by atoms with Crippen molar-refractivity contribution < 1.29 is 9.47 Å². The van der Waals surface area contributed by atoms with Crippen molar-refractivity contribution in [2.45, 2.75) is 19.0 Å². The van der Waals surface area contributed by atoms with Crippen LogP contribution in [-0.4, -0.2) is 61.9 Å². The van der Waals surface area contributed by atoms with Crippen LogP contribution in [0.5, 0.6) is 5.88 Å². The van der Waals surface area contributed by atoms with E-state index in [1.807, 2.05) is 6.07 Å². The van der Waals surface area contributed by atoms with Gasteiger partial charge in [0.15, 0.2) is 0 Å². The zero-order valence-electron chi connectivity index (χ0n) is 11.9. The summed E-state index contributed by atoms with van der Waals surface area (Å²) in [6.07, 6.45) is 0. The summed E-state index contributed by atoms with van der Waals surface area (Å²) in [5, 5.41) is 0. The van der Waals surface area contributed by atoms with Crippen molar-refractivity contribution >= 4 is 21.6 Å². The quantitative estimate of drug-likeness (QED) is 0.783. The molecule has 1 atom stereocenters. The molecule has 2 aliphatic heterocycles. The van der Waals surface area contributed by atoms with E-state index >= 15 is 0 Å². The number of pyridine rings is 1. The second-order valence-corrected chi connectivity index (χ2v) is 6.20. The minimum Gasteiger partial charge on any atom is -0.479 e. The van der Waals surface area contributed by atoms with Gasteiger partial charge in [-0.15, -0.1) is 0 Å². The maximum Gasteiger partial charge on any atom is 0.238 e. The lowest BCUT2D eigenvalue weighted by atomic mass is 10.1. The Hall–Kier alpha value is -0.850. The molecule has 0 aliphatic carbocycles. The molecule has 2 aliphatic rings. The summed E-state index contributed by atoms with van der Waals surface area (Å²) in [5.41, 5.74) is 1.08. The van der Waals surface area contributed by atoms with Crippen LogP contribution in [0.4, 0.5) is 5.69 Å². The molecule has 0 spiro atoms. The monoisotopic (exact) mass is 341 g/mol. The molecule has 3 rings (SSSR count). The van der Waals surface area contributed by atoms with E-state index in [-0.39, 0.29) is 0 Å². The lowest BCUT2D eigenvalue weighted by Gasteiger charge is -2.47. The number of aromatic nitrogens is 1. The number of rotatable bonds is 3. The maximum absolute atomic E-state index is 5.40. The zero-order valence-corrected chi connectivity index (χ0v) is 13.5. The lowest BCUT2D eigenvalue weighted by Crippen LogP contribution is -2.60. The Bertz CT molecular complexity index is 481. The van der Waals surface area contributed by atoms with Crippen molar-refractivity contribution in [2.24, 2.45) is 0 Å². The first-order valence-corrected chi connectivity index (χ1v) is 7.77. The molecule has 110 valence electrons. The highest BCUT2D eigenvalue weighted by atomic mass is 79.9. The first kappa shape index (κ1) is 14.1. The van der Waals surface area contributed by atoms with Crippen LogP contribution in [0.3, 0.4) is 0 Å². The molecule has 6 heteroatoms. The van der Waals surface area contributed by atoms with Crippen molar-refractivity contribution in [1.29, 1.82) is 0 Å². The summed E-state index contributed by atoms with van der Waals surface area (Å²) in [7, 11) is 1.67. The van der Waals surface area contributed by atoms with E-state index in [1.165, 1.54) is 0 Å². The van der Waals surface area contributed by atoms with Crippen molar-refractivity contribution in [1.82, 2.24) is 9.88 Å². The number of hydrogen-bond acceptors (Lipinski definition) is 5. The molecule has 2 fully saturated rings. The van der Waals surface area contributed by atoms with E-state index in [2.05, 4.69) is 43.7 Å². The second-order valence-electron chi connectivity index (χ2n) is 5.39. The predicted molar refractivity (Wildman–Crippen MR) is 81.5 cm³/mol. The molecule has 20 heavy (non-hydrogen) atoms. The van der Waals surface area contributed by atoms with E-state index in [0.717, 1.165) is 43.1 Å². The Balaban J connectivity index is 1.73. The Morgan fingerprint density at radius 3 is 2.75 bits per heavy atom. The standard InChI is InChI=1S/C14H20BrN3O2/c1-10-7-17(5-6-18(10)11-8-20-9-11)12-3-4-13(15)16-14(12)19-2/h3-4,10-11H,5-9H2,1-2H3/t10-/m1/s1. The molecule has 2 saturated heterocycles. The number of ether oxygens (including phenoxy) is 2. The third kappa shape index (κ3) is 2.64. The van der Waals surface area contributed by atoms with Crippen molar-refractivity contribution in [3.8, 4) is 5.88 Å². The zero-order chi connectivity index (χ0) is 14.1. The number of nitrogens with zero attached hydrogens (tertiary/aromatic N) is 3. The van der Waals surface area contributed by atoms with Gasteiger partial charge in [-0.05, 0) is 35.0 Å². The van der Waals surface area contributed by atoms with Gasteiger partial charge in [-0.3, -0.25) is 4.90 Å². The predicted octanol–water partition coefficient (Wildman–Crippen LogP) is 1.76.